The van der Waals surface area contributed by atoms with Crippen LogP contribution in [-0.4, -0.2) is 48.5 Å². The Hall–Kier alpha value is -3.32. The van der Waals surface area contributed by atoms with Gasteiger partial charge in [0.05, 0.1) is 35.8 Å². The third-order valence-electron chi connectivity index (χ3n) is 8.06. The van der Waals surface area contributed by atoms with E-state index >= 15 is 0 Å². The van der Waals surface area contributed by atoms with E-state index in [0.29, 0.717) is 23.2 Å². The minimum atomic E-state index is -0.449. The standard InChI is InChI=1S/C31H36BrN7O/c1-5-21-14-26(32)18-39-27(17-34-30(21)39)28-25(15-33)16-35-31(37-28)36-20(4)22-6-8-23(9-7-22)29(40)24-10-12-38(13-11-24)19(2)3/h6-9,14,16-20,24,29,40H,5,10-13H2,1-4H3,(H,35,36,37)/t20-,29?/m0/s1. The summed E-state index contributed by atoms with van der Waals surface area (Å²) < 4.78 is 2.90. The number of nitrogens with zero attached hydrogens (tertiary/aromatic N) is 6. The minimum Gasteiger partial charge on any atom is -0.388 e. The van der Waals surface area contributed by atoms with Crippen molar-refractivity contribution in [3.05, 3.63) is 75.6 Å². The quantitative estimate of drug-likeness (QED) is 0.244. The number of rotatable bonds is 8. The zero-order valence-electron chi connectivity index (χ0n) is 23.5. The van der Waals surface area contributed by atoms with Crippen molar-refractivity contribution in [2.75, 3.05) is 18.4 Å². The van der Waals surface area contributed by atoms with Crippen LogP contribution in [0.1, 0.15) is 74.9 Å². The number of halogens is 1. The second-order valence-corrected chi connectivity index (χ2v) is 11.8. The third kappa shape index (κ3) is 5.75. The highest BCUT2D eigenvalue weighted by Gasteiger charge is 2.27. The molecule has 2 N–H and O–H groups in total. The number of aliphatic hydroxyl groups is 1. The lowest BCUT2D eigenvalue weighted by molar-refractivity contribution is 0.0499. The van der Waals surface area contributed by atoms with E-state index in [1.54, 1.807) is 12.4 Å². The molecule has 40 heavy (non-hydrogen) atoms. The molecule has 1 fully saturated rings. The van der Waals surface area contributed by atoms with Crippen LogP contribution in [0, 0.1) is 17.2 Å². The fourth-order valence-corrected chi connectivity index (χ4v) is 6.05. The number of hydrogen-bond acceptors (Lipinski definition) is 7. The summed E-state index contributed by atoms with van der Waals surface area (Å²) in [4.78, 5) is 16.3. The van der Waals surface area contributed by atoms with Gasteiger partial charge in [-0.15, -0.1) is 0 Å². The lowest BCUT2D eigenvalue weighted by atomic mass is 9.86. The Labute approximate surface area is 244 Å². The number of hydrogen-bond donors (Lipinski definition) is 2. The van der Waals surface area contributed by atoms with Gasteiger partial charge in [0.1, 0.15) is 17.4 Å². The minimum absolute atomic E-state index is 0.0794. The van der Waals surface area contributed by atoms with Gasteiger partial charge in [-0.3, -0.25) is 4.40 Å². The van der Waals surface area contributed by atoms with Crippen LogP contribution in [0.25, 0.3) is 17.0 Å². The van der Waals surface area contributed by atoms with E-state index in [0.717, 1.165) is 64.9 Å². The van der Waals surface area contributed by atoms with Gasteiger partial charge in [0.25, 0.3) is 0 Å². The van der Waals surface area contributed by atoms with Crippen LogP contribution in [0.5, 0.6) is 0 Å². The van der Waals surface area contributed by atoms with Gasteiger partial charge in [-0.2, -0.15) is 5.26 Å². The predicted molar refractivity (Wildman–Crippen MR) is 161 cm³/mol. The SMILES string of the molecule is CCc1cc(Br)cn2c(-c3nc(N[C@@H](C)c4ccc(C(O)C5CCN(C(C)C)CC5)cc4)ncc3C#N)cnc12. The Morgan fingerprint density at radius 3 is 2.45 bits per heavy atom. The first-order valence-corrected chi connectivity index (χ1v) is 14.8. The number of anilines is 1. The van der Waals surface area contributed by atoms with Gasteiger partial charge in [-0.25, -0.2) is 15.0 Å². The normalized spacial score (nSPS) is 16.2. The number of piperidine rings is 1. The first-order valence-electron chi connectivity index (χ1n) is 14.0. The largest absolute Gasteiger partial charge is 0.388 e. The van der Waals surface area contributed by atoms with Crippen molar-refractivity contribution in [3.8, 4) is 17.5 Å². The zero-order valence-corrected chi connectivity index (χ0v) is 25.1. The highest BCUT2D eigenvalue weighted by molar-refractivity contribution is 9.10. The third-order valence-corrected chi connectivity index (χ3v) is 8.49. The summed E-state index contributed by atoms with van der Waals surface area (Å²) in [7, 11) is 0. The molecule has 2 atom stereocenters. The van der Waals surface area contributed by atoms with Crippen molar-refractivity contribution < 1.29 is 5.11 Å². The molecule has 4 aromatic rings. The summed E-state index contributed by atoms with van der Waals surface area (Å²) in [6, 6.07) is 12.9. The van der Waals surface area contributed by atoms with Crippen LogP contribution in [0.15, 0.2) is 53.4 Å². The fourth-order valence-electron chi connectivity index (χ4n) is 5.57. The fraction of sp³-hybridized carbons (Fsp3) is 0.419. The molecule has 1 aromatic carbocycles. The van der Waals surface area contributed by atoms with E-state index in [2.05, 4.69) is 81.2 Å². The van der Waals surface area contributed by atoms with Gasteiger partial charge in [0.15, 0.2) is 0 Å². The van der Waals surface area contributed by atoms with Crippen molar-refractivity contribution in [1.29, 1.82) is 5.26 Å². The molecule has 1 aliphatic rings. The maximum Gasteiger partial charge on any atom is 0.223 e. The lowest BCUT2D eigenvalue weighted by Gasteiger charge is -2.36. The van der Waals surface area contributed by atoms with E-state index in [1.165, 1.54) is 0 Å². The molecule has 0 bridgehead atoms. The lowest BCUT2D eigenvalue weighted by Crippen LogP contribution is -2.39. The van der Waals surface area contributed by atoms with Crippen molar-refractivity contribution >= 4 is 27.5 Å². The van der Waals surface area contributed by atoms with Crippen LogP contribution >= 0.6 is 15.9 Å². The highest BCUT2D eigenvalue weighted by atomic mass is 79.9. The Balaban J connectivity index is 1.33. The molecule has 0 saturated carbocycles. The topological polar surface area (TPSA) is 102 Å². The Bertz CT molecular complexity index is 1520. The van der Waals surface area contributed by atoms with Gasteiger partial charge in [-0.05, 0) is 97.7 Å². The Morgan fingerprint density at radius 1 is 1.10 bits per heavy atom. The molecule has 3 aromatic heterocycles. The average molecular weight is 603 g/mol. The first-order chi connectivity index (χ1) is 19.3. The summed E-state index contributed by atoms with van der Waals surface area (Å²) >= 11 is 3.59. The summed E-state index contributed by atoms with van der Waals surface area (Å²) in [5.41, 5.74) is 5.62. The van der Waals surface area contributed by atoms with Crippen molar-refractivity contribution in [2.24, 2.45) is 5.92 Å². The number of nitrogens with one attached hydrogen (secondary N) is 1. The van der Waals surface area contributed by atoms with Gasteiger partial charge in [0, 0.05) is 16.7 Å². The zero-order chi connectivity index (χ0) is 28.4. The number of fused-ring (bicyclic) bond motifs is 1. The van der Waals surface area contributed by atoms with E-state index in [-0.39, 0.29) is 12.0 Å². The van der Waals surface area contributed by atoms with Crippen molar-refractivity contribution in [2.45, 2.75) is 65.1 Å². The van der Waals surface area contributed by atoms with Crippen LogP contribution in [0.4, 0.5) is 5.95 Å². The summed E-state index contributed by atoms with van der Waals surface area (Å²) in [5.74, 6) is 0.721. The predicted octanol–water partition coefficient (Wildman–Crippen LogP) is 6.31. The van der Waals surface area contributed by atoms with Crippen LogP contribution in [-0.2, 0) is 6.42 Å². The maximum atomic E-state index is 11.0. The second-order valence-electron chi connectivity index (χ2n) is 10.9. The summed E-state index contributed by atoms with van der Waals surface area (Å²) in [6.07, 6.45) is 7.68. The molecule has 1 aliphatic heterocycles. The van der Waals surface area contributed by atoms with Gasteiger partial charge in [0.2, 0.25) is 5.95 Å². The van der Waals surface area contributed by atoms with Crippen LogP contribution < -0.4 is 5.32 Å². The smallest absolute Gasteiger partial charge is 0.223 e. The molecular formula is C31H36BrN7O. The molecular weight excluding hydrogens is 566 g/mol. The number of aliphatic hydroxyl groups excluding tert-OH is 1. The molecule has 0 spiro atoms. The average Bonchev–Trinajstić information content (AvgIpc) is 3.40. The van der Waals surface area contributed by atoms with Gasteiger partial charge >= 0.3 is 0 Å². The van der Waals surface area contributed by atoms with Gasteiger partial charge < -0.3 is 15.3 Å². The molecule has 1 saturated heterocycles. The Kier molecular flexibility index (Phi) is 8.50. The molecule has 0 aliphatic carbocycles. The Morgan fingerprint density at radius 2 is 1.80 bits per heavy atom. The monoisotopic (exact) mass is 601 g/mol. The molecule has 5 rings (SSSR count). The number of nitriles is 1. The van der Waals surface area contributed by atoms with E-state index in [1.807, 2.05) is 29.7 Å². The number of aromatic nitrogens is 4. The maximum absolute atomic E-state index is 11.0. The number of benzene rings is 1. The molecule has 9 heteroatoms. The van der Waals surface area contributed by atoms with Crippen molar-refractivity contribution in [3.63, 3.8) is 0 Å². The summed E-state index contributed by atoms with van der Waals surface area (Å²) in [6.45, 7) is 10.7. The molecule has 8 nitrogen and oxygen atoms in total. The first kappa shape index (κ1) is 28.2. The number of pyridine rings is 1. The van der Waals surface area contributed by atoms with Crippen LogP contribution in [0.2, 0.25) is 0 Å². The molecule has 4 heterocycles. The van der Waals surface area contributed by atoms with Crippen LogP contribution in [0.3, 0.4) is 0 Å². The molecule has 208 valence electrons. The van der Waals surface area contributed by atoms with E-state index < -0.39 is 6.10 Å². The number of imidazole rings is 1. The summed E-state index contributed by atoms with van der Waals surface area (Å²) in [5, 5.41) is 24.2. The number of likely N-dealkylation sites (tertiary alicyclic amines) is 1. The van der Waals surface area contributed by atoms with E-state index in [9.17, 15) is 10.4 Å². The molecule has 1 unspecified atom stereocenters. The highest BCUT2D eigenvalue weighted by Crippen LogP contribution is 2.32. The second kappa shape index (κ2) is 12.0. The van der Waals surface area contributed by atoms with E-state index in [4.69, 9.17) is 4.98 Å². The molecule has 0 amide bonds. The van der Waals surface area contributed by atoms with Crippen molar-refractivity contribution in [1.82, 2.24) is 24.3 Å². The van der Waals surface area contributed by atoms with Gasteiger partial charge in [-0.1, -0.05) is 31.2 Å². The number of aryl methyl sites for hydroxylation is 1. The molecule has 0 radical (unpaired) electrons.